The van der Waals surface area contributed by atoms with Crippen LogP contribution in [0, 0.1) is 0 Å². The molecule has 0 saturated carbocycles. The molecule has 278 valence electrons. The van der Waals surface area contributed by atoms with Crippen LogP contribution < -0.4 is 26.2 Å². The van der Waals surface area contributed by atoms with Crippen LogP contribution in [-0.4, -0.2) is 21.7 Å². The minimum atomic E-state index is -0.0431. The van der Waals surface area contributed by atoms with Gasteiger partial charge in [-0.1, -0.05) is 132 Å². The number of rotatable bonds is 3. The Balaban J connectivity index is 1.51. The van der Waals surface area contributed by atoms with E-state index < -0.39 is 0 Å². The number of para-hydroxylation sites is 2. The molecule has 0 amide bonds. The molecule has 5 nitrogen and oxygen atoms in total. The van der Waals surface area contributed by atoms with E-state index in [0.717, 1.165) is 28.3 Å². The molecule has 0 radical (unpaired) electrons. The van der Waals surface area contributed by atoms with E-state index in [1.807, 2.05) is 0 Å². The van der Waals surface area contributed by atoms with Gasteiger partial charge in [-0.2, -0.15) is 0 Å². The Morgan fingerprint density at radius 3 is 1.16 bits per heavy atom. The predicted octanol–water partition coefficient (Wildman–Crippen LogP) is 10.8. The van der Waals surface area contributed by atoms with Gasteiger partial charge in [0, 0.05) is 39.7 Å². The quantitative estimate of drug-likeness (QED) is 0.170. The highest BCUT2D eigenvalue weighted by atomic mass is 15.2. The van der Waals surface area contributed by atoms with Crippen LogP contribution in [0.25, 0.3) is 11.4 Å². The molecule has 0 atom stereocenters. The summed E-state index contributed by atoms with van der Waals surface area (Å²) < 4.78 is 0. The highest BCUT2D eigenvalue weighted by Gasteiger charge is 2.44. The van der Waals surface area contributed by atoms with E-state index in [1.54, 1.807) is 12.7 Å². The maximum atomic E-state index is 4.72. The summed E-state index contributed by atoms with van der Waals surface area (Å²) in [5.74, 6) is 0.654. The Morgan fingerprint density at radius 2 is 0.800 bits per heavy atom. The standard InChI is InChI=1S/C49H54BN5/c1-46(2,3)32-23-33(47(4,5)6)26-36(25-32)54-40-19-15-13-17-38(40)50-39-18-14-16-20-41(39)55(37-27-34(48(7,8)9)24-35(28-37)49(10,11)12)43-22-31(21-42(54)44(43)50)45-52-29-51-30-53-45/h13-30H,1-12H3. The number of anilines is 6. The van der Waals surface area contributed by atoms with Gasteiger partial charge < -0.3 is 9.80 Å². The molecular formula is C49H54BN5. The van der Waals surface area contributed by atoms with Crippen LogP contribution in [0.4, 0.5) is 34.1 Å². The number of hydrogen-bond acceptors (Lipinski definition) is 5. The summed E-state index contributed by atoms with van der Waals surface area (Å²) in [6.45, 7) is 27.8. The number of hydrogen-bond donors (Lipinski definition) is 0. The first-order valence-electron chi connectivity index (χ1n) is 19.7. The third kappa shape index (κ3) is 6.44. The number of aromatic nitrogens is 3. The molecule has 1 aromatic heterocycles. The van der Waals surface area contributed by atoms with Crippen LogP contribution in [0.1, 0.15) is 105 Å². The van der Waals surface area contributed by atoms with E-state index in [4.69, 9.17) is 9.97 Å². The summed E-state index contributed by atoms with van der Waals surface area (Å²) in [6.07, 6.45) is 3.20. The van der Waals surface area contributed by atoms with E-state index in [1.165, 1.54) is 50.0 Å². The molecule has 55 heavy (non-hydrogen) atoms. The van der Waals surface area contributed by atoms with Crippen molar-refractivity contribution in [1.29, 1.82) is 0 Å². The molecule has 0 fully saturated rings. The number of benzene rings is 5. The molecule has 3 heterocycles. The summed E-state index contributed by atoms with van der Waals surface area (Å²) >= 11 is 0. The van der Waals surface area contributed by atoms with Crippen LogP contribution in [0.3, 0.4) is 0 Å². The molecule has 0 aliphatic carbocycles. The van der Waals surface area contributed by atoms with E-state index in [0.29, 0.717) is 5.82 Å². The molecule has 0 bridgehead atoms. The lowest BCUT2D eigenvalue weighted by atomic mass is 9.33. The second-order valence-corrected chi connectivity index (χ2v) is 19.6. The molecule has 0 spiro atoms. The molecule has 2 aliphatic rings. The van der Waals surface area contributed by atoms with Crippen molar-refractivity contribution in [3.63, 3.8) is 0 Å². The molecule has 5 aromatic carbocycles. The molecular weight excluding hydrogens is 669 g/mol. The van der Waals surface area contributed by atoms with Crippen molar-refractivity contribution in [2.75, 3.05) is 9.80 Å². The van der Waals surface area contributed by atoms with Gasteiger partial charge in [0.2, 0.25) is 0 Å². The summed E-state index contributed by atoms with van der Waals surface area (Å²) in [5, 5.41) is 0. The average molecular weight is 724 g/mol. The lowest BCUT2D eigenvalue weighted by Crippen LogP contribution is -2.61. The van der Waals surface area contributed by atoms with Crippen LogP contribution in [0.5, 0.6) is 0 Å². The highest BCUT2D eigenvalue weighted by Crippen LogP contribution is 2.48. The summed E-state index contributed by atoms with van der Waals surface area (Å²) in [6, 6.07) is 37.1. The van der Waals surface area contributed by atoms with Crippen molar-refractivity contribution in [1.82, 2.24) is 15.0 Å². The van der Waals surface area contributed by atoms with Gasteiger partial charge in [-0.05, 0) is 109 Å². The van der Waals surface area contributed by atoms with Gasteiger partial charge >= 0.3 is 0 Å². The van der Waals surface area contributed by atoms with E-state index in [2.05, 4.69) is 195 Å². The maximum Gasteiger partial charge on any atom is 0.252 e. The lowest BCUT2D eigenvalue weighted by Gasteiger charge is -2.45. The number of nitrogens with zero attached hydrogens (tertiary/aromatic N) is 5. The zero-order chi connectivity index (χ0) is 39.2. The second-order valence-electron chi connectivity index (χ2n) is 19.6. The first-order valence-corrected chi connectivity index (χ1v) is 19.7. The summed E-state index contributed by atoms with van der Waals surface area (Å²) in [7, 11) is 0. The second kappa shape index (κ2) is 12.7. The molecule has 6 aromatic rings. The third-order valence-electron chi connectivity index (χ3n) is 11.5. The van der Waals surface area contributed by atoms with Gasteiger partial charge in [-0.15, -0.1) is 0 Å². The molecule has 2 aliphatic heterocycles. The maximum absolute atomic E-state index is 4.72. The molecule has 0 N–H and O–H groups in total. The average Bonchev–Trinajstić information content (AvgIpc) is 3.13. The number of fused-ring (bicyclic) bond motifs is 4. The summed E-state index contributed by atoms with van der Waals surface area (Å²) in [5.41, 5.74) is 16.9. The first-order chi connectivity index (χ1) is 25.8. The van der Waals surface area contributed by atoms with Gasteiger partial charge in [0.25, 0.3) is 6.71 Å². The van der Waals surface area contributed by atoms with Crippen molar-refractivity contribution < 1.29 is 0 Å². The normalized spacial score (nSPS) is 14.1. The molecule has 6 heteroatoms. The van der Waals surface area contributed by atoms with E-state index >= 15 is 0 Å². The van der Waals surface area contributed by atoms with Gasteiger partial charge in [-0.3, -0.25) is 0 Å². The van der Waals surface area contributed by atoms with Gasteiger partial charge in [0.15, 0.2) is 5.82 Å². The molecule has 0 unspecified atom stereocenters. The van der Waals surface area contributed by atoms with Crippen LogP contribution >= 0.6 is 0 Å². The van der Waals surface area contributed by atoms with Crippen molar-refractivity contribution in [2.24, 2.45) is 0 Å². The Labute approximate surface area is 329 Å². The zero-order valence-corrected chi connectivity index (χ0v) is 34.7. The fraction of sp³-hybridized carbons (Fsp3) is 0.327. The Kier molecular flexibility index (Phi) is 8.46. The van der Waals surface area contributed by atoms with Crippen molar-refractivity contribution in [3.8, 4) is 11.4 Å². The topological polar surface area (TPSA) is 45.2 Å². The summed E-state index contributed by atoms with van der Waals surface area (Å²) in [4.78, 5) is 18.7. The van der Waals surface area contributed by atoms with Gasteiger partial charge in [0.05, 0.1) is 0 Å². The highest BCUT2D eigenvalue weighted by molar-refractivity contribution is 7.00. The van der Waals surface area contributed by atoms with Gasteiger partial charge in [-0.25, -0.2) is 15.0 Å². The Morgan fingerprint density at radius 1 is 0.436 bits per heavy atom. The smallest absolute Gasteiger partial charge is 0.252 e. The minimum Gasteiger partial charge on any atom is -0.311 e. The SMILES string of the molecule is CC(C)(C)c1cc(N2c3ccccc3B3c4ccccc4N(c4cc(C(C)(C)C)cc(C(C)(C)C)c4)c4cc(-c5ncncn5)cc2c43)cc(C(C)(C)C)c1. The van der Waals surface area contributed by atoms with Crippen molar-refractivity contribution in [2.45, 2.75) is 105 Å². The fourth-order valence-corrected chi connectivity index (χ4v) is 8.18. The third-order valence-corrected chi connectivity index (χ3v) is 11.5. The Bertz CT molecular complexity index is 2230. The minimum absolute atomic E-state index is 0.0260. The van der Waals surface area contributed by atoms with Crippen LogP contribution in [0.2, 0.25) is 0 Å². The van der Waals surface area contributed by atoms with E-state index in [-0.39, 0.29) is 28.4 Å². The van der Waals surface area contributed by atoms with Crippen LogP contribution in [0.15, 0.2) is 110 Å². The lowest BCUT2D eigenvalue weighted by molar-refractivity contribution is 0.568. The monoisotopic (exact) mass is 723 g/mol. The first kappa shape index (κ1) is 36.7. The van der Waals surface area contributed by atoms with Crippen molar-refractivity contribution >= 4 is 57.2 Å². The van der Waals surface area contributed by atoms with Gasteiger partial charge in [0.1, 0.15) is 12.7 Å². The van der Waals surface area contributed by atoms with Crippen LogP contribution in [-0.2, 0) is 21.7 Å². The van der Waals surface area contributed by atoms with E-state index in [9.17, 15) is 0 Å². The van der Waals surface area contributed by atoms with Crippen molar-refractivity contribution in [3.05, 3.63) is 132 Å². The fourth-order valence-electron chi connectivity index (χ4n) is 8.18. The molecule has 8 rings (SSSR count). The predicted molar refractivity (Wildman–Crippen MR) is 234 cm³/mol. The zero-order valence-electron chi connectivity index (χ0n) is 34.7. The molecule has 0 saturated heterocycles. The largest absolute Gasteiger partial charge is 0.311 e. The Hall–Kier alpha value is -5.23.